The van der Waals surface area contributed by atoms with E-state index < -0.39 is 0 Å². The molecule has 0 aliphatic rings. The summed E-state index contributed by atoms with van der Waals surface area (Å²) < 4.78 is 1.77. The maximum Gasteiger partial charge on any atom is 0.148 e. The van der Waals surface area contributed by atoms with Crippen molar-refractivity contribution in [3.05, 3.63) is 12.3 Å². The van der Waals surface area contributed by atoms with Crippen LogP contribution < -0.4 is 11.1 Å². The van der Waals surface area contributed by atoms with Gasteiger partial charge in [0.1, 0.15) is 5.82 Å². The Morgan fingerprint density at radius 3 is 2.79 bits per heavy atom. The molecule has 0 radical (unpaired) electrons. The Morgan fingerprint density at radius 1 is 1.57 bits per heavy atom. The molecule has 1 unspecified atom stereocenters. The van der Waals surface area contributed by atoms with Crippen molar-refractivity contribution >= 4 is 5.82 Å². The van der Waals surface area contributed by atoms with Crippen molar-refractivity contribution in [2.24, 2.45) is 18.7 Å². The first kappa shape index (κ1) is 11.0. The predicted octanol–water partition coefficient (Wildman–Crippen LogP) is 1.21. The highest BCUT2D eigenvalue weighted by Gasteiger charge is 2.05. The van der Waals surface area contributed by atoms with Crippen LogP contribution in [0.2, 0.25) is 0 Å². The quantitative estimate of drug-likeness (QED) is 0.744. The van der Waals surface area contributed by atoms with E-state index in [4.69, 9.17) is 5.73 Å². The van der Waals surface area contributed by atoms with Crippen LogP contribution in [0.25, 0.3) is 0 Å². The van der Waals surface area contributed by atoms with Crippen LogP contribution in [0, 0.1) is 5.92 Å². The topological polar surface area (TPSA) is 55.9 Å². The first-order valence-electron chi connectivity index (χ1n) is 5.07. The lowest BCUT2D eigenvalue weighted by molar-refractivity contribution is 0.508. The number of aryl methyl sites for hydroxylation is 1. The largest absolute Gasteiger partial charge is 0.367 e. The van der Waals surface area contributed by atoms with Crippen molar-refractivity contribution in [3.8, 4) is 0 Å². The molecule has 1 aromatic rings. The summed E-state index contributed by atoms with van der Waals surface area (Å²) in [4.78, 5) is 0. The fourth-order valence-electron chi connectivity index (χ4n) is 1.43. The van der Waals surface area contributed by atoms with Crippen LogP contribution in [-0.4, -0.2) is 22.4 Å². The van der Waals surface area contributed by atoms with Gasteiger partial charge in [-0.2, -0.15) is 5.10 Å². The summed E-state index contributed by atoms with van der Waals surface area (Å²) in [6, 6.07) is 2.15. The third kappa shape index (κ3) is 3.79. The Morgan fingerprint density at radius 2 is 2.29 bits per heavy atom. The van der Waals surface area contributed by atoms with E-state index in [0.717, 1.165) is 18.8 Å². The number of hydrogen-bond donors (Lipinski definition) is 2. The van der Waals surface area contributed by atoms with Crippen LogP contribution in [0.4, 0.5) is 5.82 Å². The number of nitrogens with zero attached hydrogens (tertiary/aromatic N) is 2. The minimum atomic E-state index is 0.206. The lowest BCUT2D eigenvalue weighted by Crippen LogP contribution is -2.30. The zero-order chi connectivity index (χ0) is 10.6. The SMILES string of the molecule is CC(C)CC(N)CNc1ccn(C)n1. The van der Waals surface area contributed by atoms with Gasteiger partial charge in [-0.05, 0) is 12.3 Å². The smallest absolute Gasteiger partial charge is 0.148 e. The van der Waals surface area contributed by atoms with Crippen LogP contribution in [0.5, 0.6) is 0 Å². The fraction of sp³-hybridized carbons (Fsp3) is 0.700. The van der Waals surface area contributed by atoms with E-state index in [2.05, 4.69) is 24.3 Å². The molecule has 0 aromatic carbocycles. The maximum atomic E-state index is 5.93. The zero-order valence-corrected chi connectivity index (χ0v) is 9.20. The summed E-state index contributed by atoms with van der Waals surface area (Å²) >= 11 is 0. The molecule has 0 fully saturated rings. The molecule has 0 saturated heterocycles. The van der Waals surface area contributed by atoms with Crippen LogP contribution in [-0.2, 0) is 7.05 Å². The van der Waals surface area contributed by atoms with E-state index in [1.54, 1.807) is 4.68 Å². The van der Waals surface area contributed by atoms with Crippen molar-refractivity contribution < 1.29 is 0 Å². The highest BCUT2D eigenvalue weighted by molar-refractivity contribution is 5.32. The molecule has 1 heterocycles. The predicted molar refractivity (Wildman–Crippen MR) is 59.1 cm³/mol. The van der Waals surface area contributed by atoms with Gasteiger partial charge in [0.15, 0.2) is 0 Å². The Labute approximate surface area is 85.5 Å². The van der Waals surface area contributed by atoms with Crippen molar-refractivity contribution in [1.82, 2.24) is 9.78 Å². The number of aromatic nitrogens is 2. The van der Waals surface area contributed by atoms with E-state index in [-0.39, 0.29) is 6.04 Å². The Hall–Kier alpha value is -1.03. The third-order valence-electron chi connectivity index (χ3n) is 2.03. The van der Waals surface area contributed by atoms with Gasteiger partial charge in [0.2, 0.25) is 0 Å². The molecule has 0 spiro atoms. The number of hydrogen-bond acceptors (Lipinski definition) is 3. The molecule has 4 heteroatoms. The van der Waals surface area contributed by atoms with Crippen molar-refractivity contribution in [3.63, 3.8) is 0 Å². The average Bonchev–Trinajstić information content (AvgIpc) is 2.47. The van der Waals surface area contributed by atoms with E-state index in [1.807, 2.05) is 19.3 Å². The summed E-state index contributed by atoms with van der Waals surface area (Å²) in [5.74, 6) is 1.54. The highest BCUT2D eigenvalue weighted by Crippen LogP contribution is 2.05. The van der Waals surface area contributed by atoms with Gasteiger partial charge >= 0.3 is 0 Å². The minimum Gasteiger partial charge on any atom is -0.367 e. The Balaban J connectivity index is 2.26. The summed E-state index contributed by atoms with van der Waals surface area (Å²) in [6.45, 7) is 5.15. The number of rotatable bonds is 5. The van der Waals surface area contributed by atoms with Crippen LogP contribution in [0.1, 0.15) is 20.3 Å². The van der Waals surface area contributed by atoms with Gasteiger partial charge in [-0.1, -0.05) is 13.8 Å². The lowest BCUT2D eigenvalue weighted by Gasteiger charge is -2.14. The third-order valence-corrected chi connectivity index (χ3v) is 2.03. The second-order valence-corrected chi connectivity index (χ2v) is 4.15. The summed E-state index contributed by atoms with van der Waals surface area (Å²) in [5.41, 5.74) is 5.93. The van der Waals surface area contributed by atoms with Crippen LogP contribution >= 0.6 is 0 Å². The molecule has 0 aliphatic heterocycles. The minimum absolute atomic E-state index is 0.206. The lowest BCUT2D eigenvalue weighted by atomic mass is 10.0. The number of nitrogens with one attached hydrogen (secondary N) is 1. The van der Waals surface area contributed by atoms with Gasteiger partial charge in [-0.15, -0.1) is 0 Å². The van der Waals surface area contributed by atoms with Crippen molar-refractivity contribution in [2.75, 3.05) is 11.9 Å². The molecular weight excluding hydrogens is 176 g/mol. The van der Waals surface area contributed by atoms with Gasteiger partial charge in [-0.3, -0.25) is 4.68 Å². The molecule has 0 aliphatic carbocycles. The van der Waals surface area contributed by atoms with E-state index in [9.17, 15) is 0 Å². The summed E-state index contributed by atoms with van der Waals surface area (Å²) in [6.07, 6.45) is 2.95. The van der Waals surface area contributed by atoms with E-state index in [1.165, 1.54) is 0 Å². The van der Waals surface area contributed by atoms with Crippen molar-refractivity contribution in [1.29, 1.82) is 0 Å². The Bertz CT molecular complexity index is 267. The van der Waals surface area contributed by atoms with E-state index in [0.29, 0.717) is 5.92 Å². The molecule has 0 amide bonds. The molecule has 1 rings (SSSR count). The number of anilines is 1. The van der Waals surface area contributed by atoms with E-state index >= 15 is 0 Å². The molecule has 14 heavy (non-hydrogen) atoms. The molecule has 3 N–H and O–H groups in total. The zero-order valence-electron chi connectivity index (χ0n) is 9.20. The van der Waals surface area contributed by atoms with Gasteiger partial charge < -0.3 is 11.1 Å². The molecule has 4 nitrogen and oxygen atoms in total. The van der Waals surface area contributed by atoms with Gasteiger partial charge in [-0.25, -0.2) is 0 Å². The molecule has 0 saturated carbocycles. The molecular formula is C10H20N4. The van der Waals surface area contributed by atoms with Crippen LogP contribution in [0.15, 0.2) is 12.3 Å². The molecule has 0 bridgehead atoms. The summed E-state index contributed by atoms with van der Waals surface area (Å²) in [7, 11) is 1.90. The second kappa shape index (κ2) is 5.00. The summed E-state index contributed by atoms with van der Waals surface area (Å²) in [5, 5.41) is 7.43. The van der Waals surface area contributed by atoms with Gasteiger partial charge in [0, 0.05) is 31.9 Å². The monoisotopic (exact) mass is 196 g/mol. The number of nitrogens with two attached hydrogens (primary N) is 1. The Kier molecular flexibility index (Phi) is 3.95. The normalized spacial score (nSPS) is 13.2. The fourth-order valence-corrected chi connectivity index (χ4v) is 1.43. The van der Waals surface area contributed by atoms with Crippen LogP contribution in [0.3, 0.4) is 0 Å². The average molecular weight is 196 g/mol. The molecule has 1 atom stereocenters. The highest BCUT2D eigenvalue weighted by atomic mass is 15.3. The second-order valence-electron chi connectivity index (χ2n) is 4.15. The first-order chi connectivity index (χ1) is 6.58. The first-order valence-corrected chi connectivity index (χ1v) is 5.07. The standard InChI is InChI=1S/C10H20N4/c1-8(2)6-9(11)7-12-10-4-5-14(3)13-10/h4-5,8-9H,6-7,11H2,1-3H3,(H,12,13). The molecule has 1 aromatic heterocycles. The maximum absolute atomic E-state index is 5.93. The van der Waals surface area contributed by atoms with Crippen molar-refractivity contribution in [2.45, 2.75) is 26.3 Å². The molecule has 80 valence electrons. The van der Waals surface area contributed by atoms with Gasteiger partial charge in [0.25, 0.3) is 0 Å². The van der Waals surface area contributed by atoms with Gasteiger partial charge in [0.05, 0.1) is 0 Å².